The summed E-state index contributed by atoms with van der Waals surface area (Å²) in [5.74, 6) is -0.552. The fourth-order valence-corrected chi connectivity index (χ4v) is 3.27. The molecular weight excluding hydrogens is 347 g/mol. The Bertz CT molecular complexity index is 756. The average molecular weight is 374 g/mol. The fraction of sp³-hybridized carbons (Fsp3) is 0.526. The van der Waals surface area contributed by atoms with Crippen LogP contribution in [0.25, 0.3) is 0 Å². The van der Waals surface area contributed by atoms with E-state index >= 15 is 0 Å². The summed E-state index contributed by atoms with van der Waals surface area (Å²) < 4.78 is 15.4. The molecule has 27 heavy (non-hydrogen) atoms. The molecule has 1 saturated heterocycles. The van der Waals surface area contributed by atoms with Crippen molar-refractivity contribution in [2.24, 2.45) is 0 Å². The third-order valence-electron chi connectivity index (χ3n) is 5.12. The van der Waals surface area contributed by atoms with Crippen LogP contribution in [0.15, 0.2) is 30.5 Å². The summed E-state index contributed by atoms with van der Waals surface area (Å²) >= 11 is 0. The number of benzene rings is 1. The van der Waals surface area contributed by atoms with E-state index in [-0.39, 0.29) is 23.5 Å². The van der Waals surface area contributed by atoms with E-state index in [4.69, 9.17) is 0 Å². The van der Waals surface area contributed by atoms with E-state index in [1.807, 2.05) is 6.92 Å². The third kappa shape index (κ3) is 4.90. The van der Waals surface area contributed by atoms with Crippen molar-refractivity contribution in [1.82, 2.24) is 30.1 Å². The molecule has 1 atom stereocenters. The molecule has 1 fully saturated rings. The Labute approximate surface area is 159 Å². The van der Waals surface area contributed by atoms with Gasteiger partial charge in [0.2, 0.25) is 0 Å². The zero-order valence-corrected chi connectivity index (χ0v) is 15.9. The lowest BCUT2D eigenvalue weighted by Gasteiger charge is -2.33. The Kier molecular flexibility index (Phi) is 6.52. The highest BCUT2D eigenvalue weighted by Gasteiger charge is 2.18. The van der Waals surface area contributed by atoms with Gasteiger partial charge in [-0.05, 0) is 19.5 Å². The number of hydrogen-bond acceptors (Lipinski definition) is 5. The van der Waals surface area contributed by atoms with Crippen molar-refractivity contribution in [3.05, 3.63) is 47.5 Å². The summed E-state index contributed by atoms with van der Waals surface area (Å²) in [7, 11) is 0. The molecule has 0 radical (unpaired) electrons. The molecule has 2 heterocycles. The molecule has 1 aromatic heterocycles. The molecule has 8 heteroatoms. The van der Waals surface area contributed by atoms with Crippen LogP contribution >= 0.6 is 0 Å². The summed E-state index contributed by atoms with van der Waals surface area (Å²) in [5, 5.41) is 10.8. The Morgan fingerprint density at radius 1 is 1.22 bits per heavy atom. The second-order valence-electron chi connectivity index (χ2n) is 6.81. The summed E-state index contributed by atoms with van der Waals surface area (Å²) in [5.41, 5.74) is 0.759. The minimum Gasteiger partial charge on any atom is -0.349 e. The zero-order chi connectivity index (χ0) is 19.2. The van der Waals surface area contributed by atoms with Crippen molar-refractivity contribution in [3.63, 3.8) is 0 Å². The van der Waals surface area contributed by atoms with Gasteiger partial charge in [0, 0.05) is 44.8 Å². The first-order chi connectivity index (χ1) is 13.1. The third-order valence-corrected chi connectivity index (χ3v) is 5.12. The van der Waals surface area contributed by atoms with Crippen LogP contribution in [0.1, 0.15) is 35.9 Å². The number of carbonyl (C=O) groups excluding carboxylic acids is 1. The lowest BCUT2D eigenvalue weighted by Crippen LogP contribution is -2.48. The van der Waals surface area contributed by atoms with Gasteiger partial charge < -0.3 is 10.2 Å². The number of carbonyl (C=O) groups is 1. The number of rotatable bonds is 7. The van der Waals surface area contributed by atoms with Crippen LogP contribution in [-0.4, -0.2) is 76.5 Å². The maximum absolute atomic E-state index is 13.9. The number of amides is 1. The lowest BCUT2D eigenvalue weighted by molar-refractivity contribution is 0.0933. The van der Waals surface area contributed by atoms with Crippen molar-refractivity contribution in [1.29, 1.82) is 0 Å². The molecule has 0 unspecified atom stereocenters. The van der Waals surface area contributed by atoms with Gasteiger partial charge in [0.1, 0.15) is 5.82 Å². The van der Waals surface area contributed by atoms with E-state index in [2.05, 4.69) is 32.4 Å². The first-order valence-corrected chi connectivity index (χ1v) is 9.47. The highest BCUT2D eigenvalue weighted by atomic mass is 19.1. The number of nitrogens with zero attached hydrogens (tertiary/aromatic N) is 5. The Hall–Kier alpha value is -2.32. The molecule has 0 saturated carbocycles. The van der Waals surface area contributed by atoms with Crippen LogP contribution < -0.4 is 5.32 Å². The minimum atomic E-state index is -0.338. The maximum atomic E-state index is 13.9. The van der Waals surface area contributed by atoms with Gasteiger partial charge in [0.25, 0.3) is 5.91 Å². The Balaban J connectivity index is 1.49. The van der Waals surface area contributed by atoms with Crippen molar-refractivity contribution in [2.45, 2.75) is 19.9 Å². The molecule has 1 N–H and O–H groups in total. The number of aromatic nitrogens is 3. The van der Waals surface area contributed by atoms with Crippen LogP contribution in [-0.2, 0) is 0 Å². The highest BCUT2D eigenvalue weighted by molar-refractivity contribution is 5.91. The molecule has 1 aliphatic rings. The highest BCUT2D eigenvalue weighted by Crippen LogP contribution is 2.19. The first kappa shape index (κ1) is 19.4. The minimum absolute atomic E-state index is 0.244. The number of halogens is 1. The van der Waals surface area contributed by atoms with E-state index in [9.17, 15) is 9.18 Å². The SMILES string of the molecule is CCN1CCN(CCNC(=O)c2cn([C@H](C)c3ccccc3F)nn2)CC1. The number of hydrogen-bond donors (Lipinski definition) is 1. The maximum Gasteiger partial charge on any atom is 0.273 e. The van der Waals surface area contributed by atoms with E-state index < -0.39 is 0 Å². The second-order valence-corrected chi connectivity index (χ2v) is 6.81. The molecule has 0 spiro atoms. The molecule has 1 aliphatic heterocycles. The molecule has 0 bridgehead atoms. The van der Waals surface area contributed by atoms with Crippen LogP contribution in [0.3, 0.4) is 0 Å². The molecule has 3 rings (SSSR count). The van der Waals surface area contributed by atoms with Gasteiger partial charge in [-0.1, -0.05) is 30.3 Å². The predicted molar refractivity (Wildman–Crippen MR) is 101 cm³/mol. The van der Waals surface area contributed by atoms with Gasteiger partial charge in [-0.25, -0.2) is 9.07 Å². The lowest BCUT2D eigenvalue weighted by atomic mass is 10.1. The van der Waals surface area contributed by atoms with Gasteiger partial charge in [0.05, 0.1) is 12.2 Å². The van der Waals surface area contributed by atoms with Crippen LogP contribution in [0.4, 0.5) is 4.39 Å². The number of nitrogens with one attached hydrogen (secondary N) is 1. The molecule has 1 amide bonds. The monoisotopic (exact) mass is 374 g/mol. The quantitative estimate of drug-likeness (QED) is 0.794. The van der Waals surface area contributed by atoms with Crippen molar-refractivity contribution in [2.75, 3.05) is 45.8 Å². The van der Waals surface area contributed by atoms with E-state index in [1.54, 1.807) is 24.4 Å². The summed E-state index contributed by atoms with van der Waals surface area (Å²) in [6.07, 6.45) is 1.56. The molecule has 146 valence electrons. The van der Waals surface area contributed by atoms with Gasteiger partial charge in [-0.15, -0.1) is 5.10 Å². The first-order valence-electron chi connectivity index (χ1n) is 9.47. The van der Waals surface area contributed by atoms with Crippen LogP contribution in [0.2, 0.25) is 0 Å². The van der Waals surface area contributed by atoms with Gasteiger partial charge in [-0.3, -0.25) is 9.69 Å². The molecule has 0 aliphatic carbocycles. The number of piperazine rings is 1. The standard InChI is InChI=1S/C19H27FN6O/c1-3-24-10-12-25(13-11-24)9-8-21-19(27)18-14-26(23-22-18)15(2)16-6-4-5-7-17(16)20/h4-7,14-15H,3,8-13H2,1-2H3,(H,21,27)/t15-/m1/s1. The van der Waals surface area contributed by atoms with Gasteiger partial charge in [0.15, 0.2) is 5.69 Å². The Morgan fingerprint density at radius 3 is 2.63 bits per heavy atom. The second kappa shape index (κ2) is 9.05. The average Bonchev–Trinajstić information content (AvgIpc) is 3.19. The Morgan fingerprint density at radius 2 is 1.93 bits per heavy atom. The fourth-order valence-electron chi connectivity index (χ4n) is 3.27. The van der Waals surface area contributed by atoms with Crippen molar-refractivity contribution >= 4 is 5.91 Å². The van der Waals surface area contributed by atoms with Crippen molar-refractivity contribution < 1.29 is 9.18 Å². The van der Waals surface area contributed by atoms with Gasteiger partial charge >= 0.3 is 0 Å². The molecular formula is C19H27FN6O. The molecule has 7 nitrogen and oxygen atoms in total. The van der Waals surface area contributed by atoms with Crippen LogP contribution in [0.5, 0.6) is 0 Å². The molecule has 1 aromatic carbocycles. The summed E-state index contributed by atoms with van der Waals surface area (Å²) in [6.45, 7) is 10.7. The summed E-state index contributed by atoms with van der Waals surface area (Å²) in [4.78, 5) is 17.1. The van der Waals surface area contributed by atoms with Gasteiger partial charge in [-0.2, -0.15) is 0 Å². The smallest absolute Gasteiger partial charge is 0.273 e. The molecule has 2 aromatic rings. The van der Waals surface area contributed by atoms with Crippen LogP contribution in [0, 0.1) is 5.82 Å². The largest absolute Gasteiger partial charge is 0.349 e. The topological polar surface area (TPSA) is 66.3 Å². The normalized spacial score (nSPS) is 17.0. The summed E-state index contributed by atoms with van der Waals surface area (Å²) in [6, 6.07) is 6.21. The number of likely N-dealkylation sites (N-methyl/N-ethyl adjacent to an activating group) is 1. The van der Waals surface area contributed by atoms with E-state index in [0.29, 0.717) is 12.1 Å². The predicted octanol–water partition coefficient (Wildman–Crippen LogP) is 1.39. The zero-order valence-electron chi connectivity index (χ0n) is 15.9. The van der Waals surface area contributed by atoms with E-state index in [0.717, 1.165) is 39.3 Å². The van der Waals surface area contributed by atoms with E-state index in [1.165, 1.54) is 10.7 Å². The van der Waals surface area contributed by atoms with Crippen molar-refractivity contribution in [3.8, 4) is 0 Å².